The average Bonchev–Trinajstić information content (AvgIpc) is 2.69. The highest BCUT2D eigenvalue weighted by Gasteiger charge is 2.24. The highest BCUT2D eigenvalue weighted by molar-refractivity contribution is 5.94. The monoisotopic (exact) mass is 346 g/mol. The third kappa shape index (κ3) is 5.00. The van der Waals surface area contributed by atoms with Gasteiger partial charge < -0.3 is 15.3 Å². The van der Waals surface area contributed by atoms with Crippen LogP contribution in [0.25, 0.3) is 0 Å². The lowest BCUT2D eigenvalue weighted by Crippen LogP contribution is -2.48. The van der Waals surface area contributed by atoms with Crippen molar-refractivity contribution in [2.45, 2.75) is 44.2 Å². The number of piperidine rings is 2. The highest BCUT2D eigenvalue weighted by Crippen LogP contribution is 2.16. The molecule has 2 aliphatic heterocycles. The molecule has 0 spiro atoms. The number of hydrogen-bond donors (Lipinski definition) is 2. The van der Waals surface area contributed by atoms with Crippen molar-refractivity contribution in [2.75, 3.05) is 39.3 Å². The molecule has 2 N–H and O–H groups in total. The van der Waals surface area contributed by atoms with Crippen LogP contribution in [0.1, 0.15) is 42.5 Å². The number of carbonyl (C=O) groups is 1. The van der Waals surface area contributed by atoms with E-state index in [1.54, 1.807) is 24.5 Å². The van der Waals surface area contributed by atoms with Crippen molar-refractivity contribution in [3.63, 3.8) is 0 Å². The lowest BCUT2D eigenvalue weighted by atomic mass is 10.0. The molecule has 3 heterocycles. The number of pyridine rings is 1. The SMILES string of the molecule is O=C(c1ccncc1)N1CCC(NCCN2CCCC[C@@H]2CO)CC1. The van der Waals surface area contributed by atoms with Gasteiger partial charge in [0.25, 0.3) is 5.91 Å². The van der Waals surface area contributed by atoms with E-state index in [1.807, 2.05) is 4.90 Å². The van der Waals surface area contributed by atoms with Crippen LogP contribution < -0.4 is 5.32 Å². The van der Waals surface area contributed by atoms with Gasteiger partial charge in [0.05, 0.1) is 6.61 Å². The fourth-order valence-corrected chi connectivity index (χ4v) is 3.94. The van der Waals surface area contributed by atoms with Gasteiger partial charge in [-0.05, 0) is 44.4 Å². The Labute approximate surface area is 150 Å². The average molecular weight is 346 g/mol. The fraction of sp³-hybridized carbons (Fsp3) is 0.684. The van der Waals surface area contributed by atoms with E-state index in [0.717, 1.165) is 57.5 Å². The summed E-state index contributed by atoms with van der Waals surface area (Å²) < 4.78 is 0. The van der Waals surface area contributed by atoms with Crippen LogP contribution in [0.2, 0.25) is 0 Å². The number of aliphatic hydroxyl groups excluding tert-OH is 1. The van der Waals surface area contributed by atoms with Crippen molar-refractivity contribution in [3.05, 3.63) is 30.1 Å². The normalized spacial score (nSPS) is 22.9. The lowest BCUT2D eigenvalue weighted by Gasteiger charge is -2.36. The third-order valence-electron chi connectivity index (χ3n) is 5.50. The van der Waals surface area contributed by atoms with Crippen LogP contribution in [0.3, 0.4) is 0 Å². The number of nitrogens with zero attached hydrogens (tertiary/aromatic N) is 3. The first-order valence-corrected chi connectivity index (χ1v) is 9.55. The van der Waals surface area contributed by atoms with Crippen molar-refractivity contribution < 1.29 is 9.90 Å². The van der Waals surface area contributed by atoms with Gasteiger partial charge in [0, 0.05) is 56.2 Å². The summed E-state index contributed by atoms with van der Waals surface area (Å²) in [4.78, 5) is 20.8. The van der Waals surface area contributed by atoms with E-state index in [4.69, 9.17) is 0 Å². The van der Waals surface area contributed by atoms with Crippen LogP contribution in [0.5, 0.6) is 0 Å². The lowest BCUT2D eigenvalue weighted by molar-refractivity contribution is 0.0697. The molecule has 1 amide bonds. The zero-order valence-electron chi connectivity index (χ0n) is 14.9. The summed E-state index contributed by atoms with van der Waals surface area (Å²) in [6, 6.07) is 4.39. The van der Waals surface area contributed by atoms with Gasteiger partial charge in [-0.3, -0.25) is 14.7 Å². The van der Waals surface area contributed by atoms with Gasteiger partial charge in [-0.15, -0.1) is 0 Å². The van der Waals surface area contributed by atoms with E-state index in [1.165, 1.54) is 12.8 Å². The molecule has 0 radical (unpaired) electrons. The molecule has 0 aromatic carbocycles. The van der Waals surface area contributed by atoms with E-state index in [9.17, 15) is 9.90 Å². The zero-order valence-corrected chi connectivity index (χ0v) is 14.9. The minimum atomic E-state index is 0.111. The zero-order chi connectivity index (χ0) is 17.5. The Morgan fingerprint density at radius 3 is 2.64 bits per heavy atom. The smallest absolute Gasteiger partial charge is 0.253 e. The van der Waals surface area contributed by atoms with E-state index in [0.29, 0.717) is 12.1 Å². The number of amides is 1. The van der Waals surface area contributed by atoms with E-state index >= 15 is 0 Å². The first kappa shape index (κ1) is 18.3. The van der Waals surface area contributed by atoms with Crippen LogP contribution >= 0.6 is 0 Å². The molecule has 3 rings (SSSR count). The van der Waals surface area contributed by atoms with Crippen molar-refractivity contribution >= 4 is 5.91 Å². The van der Waals surface area contributed by atoms with Gasteiger partial charge >= 0.3 is 0 Å². The number of carbonyl (C=O) groups excluding carboxylic acids is 1. The molecule has 25 heavy (non-hydrogen) atoms. The second-order valence-corrected chi connectivity index (χ2v) is 7.12. The number of aliphatic hydroxyl groups is 1. The minimum absolute atomic E-state index is 0.111. The molecule has 6 nitrogen and oxygen atoms in total. The van der Waals surface area contributed by atoms with Crippen molar-refractivity contribution in [3.8, 4) is 0 Å². The van der Waals surface area contributed by atoms with E-state index < -0.39 is 0 Å². The Bertz CT molecular complexity index is 531. The van der Waals surface area contributed by atoms with Crippen LogP contribution in [-0.2, 0) is 0 Å². The molecule has 6 heteroatoms. The largest absolute Gasteiger partial charge is 0.395 e. The Hall–Kier alpha value is -1.50. The van der Waals surface area contributed by atoms with Gasteiger partial charge in [0.1, 0.15) is 0 Å². The fourth-order valence-electron chi connectivity index (χ4n) is 3.94. The predicted octanol–water partition coefficient (Wildman–Crippen LogP) is 1.12. The molecule has 2 fully saturated rings. The Morgan fingerprint density at radius 1 is 1.16 bits per heavy atom. The maximum atomic E-state index is 12.4. The van der Waals surface area contributed by atoms with Crippen LogP contribution in [0, 0.1) is 0 Å². The van der Waals surface area contributed by atoms with Crippen molar-refractivity contribution in [1.82, 2.24) is 20.1 Å². The molecule has 0 unspecified atom stereocenters. The molecule has 2 saturated heterocycles. The van der Waals surface area contributed by atoms with E-state index in [2.05, 4.69) is 15.2 Å². The molecule has 0 saturated carbocycles. The summed E-state index contributed by atoms with van der Waals surface area (Å²) in [5.74, 6) is 0.111. The molecule has 1 aromatic rings. The summed E-state index contributed by atoms with van der Waals surface area (Å²) in [5, 5.41) is 13.1. The summed E-state index contributed by atoms with van der Waals surface area (Å²) >= 11 is 0. The van der Waals surface area contributed by atoms with Gasteiger partial charge in [-0.25, -0.2) is 0 Å². The van der Waals surface area contributed by atoms with Crippen LogP contribution in [0.4, 0.5) is 0 Å². The van der Waals surface area contributed by atoms with Crippen molar-refractivity contribution in [2.24, 2.45) is 0 Å². The maximum Gasteiger partial charge on any atom is 0.253 e. The van der Waals surface area contributed by atoms with Gasteiger partial charge in [0.2, 0.25) is 0 Å². The number of nitrogens with one attached hydrogen (secondary N) is 1. The van der Waals surface area contributed by atoms with Gasteiger partial charge in [-0.1, -0.05) is 6.42 Å². The Kier molecular flexibility index (Phi) is 6.78. The first-order valence-electron chi connectivity index (χ1n) is 9.55. The standard InChI is InChI=1S/C19H30N4O2/c24-15-18-3-1-2-11-22(18)14-10-21-17-6-12-23(13-7-17)19(25)16-4-8-20-9-5-16/h4-5,8-9,17-18,21,24H,1-3,6-7,10-15H2/t18-/m1/s1. The highest BCUT2D eigenvalue weighted by atomic mass is 16.3. The molecule has 138 valence electrons. The Balaban J connectivity index is 1.37. The third-order valence-corrected chi connectivity index (χ3v) is 5.50. The van der Waals surface area contributed by atoms with E-state index in [-0.39, 0.29) is 12.5 Å². The molecular formula is C19H30N4O2. The number of likely N-dealkylation sites (tertiary alicyclic amines) is 2. The quantitative estimate of drug-likeness (QED) is 0.808. The van der Waals surface area contributed by atoms with Gasteiger partial charge in [-0.2, -0.15) is 0 Å². The van der Waals surface area contributed by atoms with Crippen molar-refractivity contribution in [1.29, 1.82) is 0 Å². The van der Waals surface area contributed by atoms with Gasteiger partial charge in [0.15, 0.2) is 0 Å². The molecule has 0 aliphatic carbocycles. The summed E-state index contributed by atoms with van der Waals surface area (Å²) in [5.41, 5.74) is 0.724. The molecule has 1 atom stereocenters. The second kappa shape index (κ2) is 9.27. The van der Waals surface area contributed by atoms with Crippen LogP contribution in [0.15, 0.2) is 24.5 Å². The summed E-state index contributed by atoms with van der Waals surface area (Å²) in [6.45, 7) is 4.95. The second-order valence-electron chi connectivity index (χ2n) is 7.12. The number of aromatic nitrogens is 1. The first-order chi connectivity index (χ1) is 12.3. The summed E-state index contributed by atoms with van der Waals surface area (Å²) in [6.07, 6.45) is 8.93. The number of rotatable bonds is 6. The Morgan fingerprint density at radius 2 is 1.92 bits per heavy atom. The number of hydrogen-bond acceptors (Lipinski definition) is 5. The molecule has 1 aromatic heterocycles. The summed E-state index contributed by atoms with van der Waals surface area (Å²) in [7, 11) is 0. The maximum absolute atomic E-state index is 12.4. The van der Waals surface area contributed by atoms with Crippen LogP contribution in [-0.4, -0.2) is 77.2 Å². The predicted molar refractivity (Wildman–Crippen MR) is 97.5 cm³/mol. The molecule has 2 aliphatic rings. The topological polar surface area (TPSA) is 68.7 Å². The molecular weight excluding hydrogens is 316 g/mol. The minimum Gasteiger partial charge on any atom is -0.395 e. The molecule has 0 bridgehead atoms.